The van der Waals surface area contributed by atoms with E-state index in [0.717, 1.165) is 0 Å². The predicted octanol–water partition coefficient (Wildman–Crippen LogP) is 2.56. The van der Waals surface area contributed by atoms with E-state index in [4.69, 9.17) is 5.73 Å². The van der Waals surface area contributed by atoms with Crippen LogP contribution in [0.25, 0.3) is 5.69 Å². The average molecular weight is 299 g/mol. The van der Waals surface area contributed by atoms with Crippen LogP contribution in [0.4, 0.5) is 18.9 Å². The molecule has 0 fully saturated rings. The number of aromatic nitrogens is 2. The summed E-state index contributed by atoms with van der Waals surface area (Å²) in [5.41, 5.74) is 6.74. The molecule has 0 amide bonds. The molecule has 0 aliphatic heterocycles. The largest absolute Gasteiger partial charge is 0.461 e. The van der Waals surface area contributed by atoms with E-state index in [1.165, 1.54) is 16.9 Å². The fourth-order valence-electron chi connectivity index (χ4n) is 1.54. The third kappa shape index (κ3) is 4.23. The molecular weight excluding hydrogens is 287 g/mol. The number of benzene rings is 1. The summed E-state index contributed by atoms with van der Waals surface area (Å²) in [5, 5.41) is 3.95. The second-order valence-corrected chi connectivity index (χ2v) is 4.24. The molecule has 0 bridgehead atoms. The van der Waals surface area contributed by atoms with Gasteiger partial charge in [0.25, 0.3) is 0 Å². The van der Waals surface area contributed by atoms with Crippen LogP contribution < -0.4 is 5.73 Å². The minimum atomic E-state index is -4.36. The van der Waals surface area contributed by atoms with Gasteiger partial charge in [-0.1, -0.05) is 0 Å². The topological polar surface area (TPSA) is 70.1 Å². The van der Waals surface area contributed by atoms with Crippen LogP contribution in [0, 0.1) is 0 Å². The summed E-state index contributed by atoms with van der Waals surface area (Å²) in [6, 6.07) is 8.09. The third-order valence-corrected chi connectivity index (χ3v) is 2.57. The van der Waals surface area contributed by atoms with E-state index < -0.39 is 25.2 Å². The average Bonchev–Trinajstić information content (AvgIpc) is 2.87. The van der Waals surface area contributed by atoms with Gasteiger partial charge in [0.2, 0.25) is 0 Å². The second kappa shape index (κ2) is 5.86. The predicted molar refractivity (Wildman–Crippen MR) is 68.9 cm³/mol. The molecular formula is C13H12F3N3O2. The van der Waals surface area contributed by atoms with Gasteiger partial charge in [0.05, 0.1) is 12.1 Å². The van der Waals surface area contributed by atoms with E-state index in [-0.39, 0.29) is 5.69 Å². The highest BCUT2D eigenvalue weighted by Crippen LogP contribution is 2.19. The van der Waals surface area contributed by atoms with Gasteiger partial charge in [-0.05, 0) is 30.3 Å². The highest BCUT2D eigenvalue weighted by molar-refractivity contribution is 5.87. The number of nitrogens with two attached hydrogens (primary N) is 1. The number of hydrogen-bond acceptors (Lipinski definition) is 4. The molecule has 0 saturated heterocycles. The Morgan fingerprint density at radius 2 is 1.90 bits per heavy atom. The molecule has 5 nitrogen and oxygen atoms in total. The molecule has 112 valence electrons. The van der Waals surface area contributed by atoms with Crippen molar-refractivity contribution in [1.29, 1.82) is 0 Å². The molecule has 1 heterocycles. The summed E-state index contributed by atoms with van der Waals surface area (Å²) >= 11 is 0. The molecule has 1 aromatic carbocycles. The van der Waals surface area contributed by atoms with Crippen LogP contribution in [0.5, 0.6) is 0 Å². The van der Waals surface area contributed by atoms with Gasteiger partial charge in [0.15, 0.2) is 5.69 Å². The summed E-state index contributed by atoms with van der Waals surface area (Å²) in [5.74, 6) is -0.895. The first-order valence-electron chi connectivity index (χ1n) is 6.00. The lowest BCUT2D eigenvalue weighted by atomic mass is 10.3. The minimum absolute atomic E-state index is 0.0611. The number of nitrogen functional groups attached to an aromatic ring is 1. The fraction of sp³-hybridized carbons (Fsp3) is 0.231. The fourth-order valence-corrected chi connectivity index (χ4v) is 1.54. The van der Waals surface area contributed by atoms with Crippen molar-refractivity contribution in [2.45, 2.75) is 12.6 Å². The Bertz CT molecular complexity index is 620. The Balaban J connectivity index is 1.99. The first kappa shape index (κ1) is 14.9. The van der Waals surface area contributed by atoms with Crippen molar-refractivity contribution in [2.75, 3.05) is 12.3 Å². The maximum absolute atomic E-state index is 11.9. The van der Waals surface area contributed by atoms with Gasteiger partial charge in [0.1, 0.15) is 6.61 Å². The van der Waals surface area contributed by atoms with Gasteiger partial charge in [-0.2, -0.15) is 18.3 Å². The lowest BCUT2D eigenvalue weighted by molar-refractivity contribution is -0.141. The molecule has 0 unspecified atom stereocenters. The maximum atomic E-state index is 11.9. The van der Waals surface area contributed by atoms with Gasteiger partial charge in [-0.25, -0.2) is 9.48 Å². The number of esters is 1. The monoisotopic (exact) mass is 299 g/mol. The van der Waals surface area contributed by atoms with Crippen molar-refractivity contribution in [3.05, 3.63) is 42.2 Å². The summed E-state index contributed by atoms with van der Waals surface area (Å²) in [4.78, 5) is 11.5. The number of hydrogen-bond donors (Lipinski definition) is 1. The quantitative estimate of drug-likeness (QED) is 0.696. The van der Waals surface area contributed by atoms with Crippen molar-refractivity contribution in [3.63, 3.8) is 0 Å². The Labute approximate surface area is 118 Å². The maximum Gasteiger partial charge on any atom is 0.392 e. The molecule has 0 radical (unpaired) electrons. The van der Waals surface area contributed by atoms with Crippen molar-refractivity contribution in [3.8, 4) is 5.69 Å². The van der Waals surface area contributed by atoms with Crippen molar-refractivity contribution >= 4 is 11.7 Å². The highest BCUT2D eigenvalue weighted by atomic mass is 19.4. The molecule has 0 aliphatic rings. The lowest BCUT2D eigenvalue weighted by Crippen LogP contribution is -2.15. The number of halogens is 3. The number of carbonyl (C=O) groups excluding carboxylic acids is 1. The molecule has 2 N–H and O–H groups in total. The molecule has 21 heavy (non-hydrogen) atoms. The van der Waals surface area contributed by atoms with Crippen LogP contribution in [0.1, 0.15) is 16.9 Å². The zero-order valence-electron chi connectivity index (χ0n) is 10.8. The normalized spacial score (nSPS) is 11.4. The van der Waals surface area contributed by atoms with E-state index in [9.17, 15) is 18.0 Å². The summed E-state index contributed by atoms with van der Waals surface area (Å²) in [6.45, 7) is -0.725. The smallest absolute Gasteiger partial charge is 0.392 e. The van der Waals surface area contributed by atoms with E-state index >= 15 is 0 Å². The lowest BCUT2D eigenvalue weighted by Gasteiger charge is -2.06. The standard InChI is InChI=1S/C13H12F3N3O2/c14-13(15,16)6-8-21-12(20)11-5-7-19(18-11)10-3-1-9(17)2-4-10/h1-5,7H,6,8,17H2. The first-order chi connectivity index (χ1) is 9.85. The number of nitrogens with zero attached hydrogens (tertiary/aromatic N) is 2. The summed E-state index contributed by atoms with van der Waals surface area (Å²) in [6.07, 6.45) is -4.03. The zero-order valence-corrected chi connectivity index (χ0v) is 10.8. The Kier molecular flexibility index (Phi) is 4.15. The van der Waals surface area contributed by atoms with Gasteiger partial charge in [-0.15, -0.1) is 0 Å². The molecule has 2 rings (SSSR count). The number of ether oxygens (including phenoxy) is 1. The SMILES string of the molecule is Nc1ccc(-n2ccc(C(=O)OCCC(F)(F)F)n2)cc1. The van der Waals surface area contributed by atoms with Gasteiger partial charge in [0, 0.05) is 11.9 Å². The van der Waals surface area contributed by atoms with E-state index in [2.05, 4.69) is 9.84 Å². The second-order valence-electron chi connectivity index (χ2n) is 4.24. The Hall–Kier alpha value is -2.51. The molecule has 2 aromatic rings. The van der Waals surface area contributed by atoms with E-state index in [0.29, 0.717) is 11.4 Å². The van der Waals surface area contributed by atoms with Gasteiger partial charge in [-0.3, -0.25) is 0 Å². The molecule has 0 spiro atoms. The Morgan fingerprint density at radius 3 is 2.52 bits per heavy atom. The number of rotatable bonds is 4. The summed E-state index contributed by atoms with van der Waals surface area (Å²) < 4.78 is 41.8. The molecule has 1 aromatic heterocycles. The van der Waals surface area contributed by atoms with Crippen molar-refractivity contribution in [1.82, 2.24) is 9.78 Å². The van der Waals surface area contributed by atoms with Crippen LogP contribution in [-0.4, -0.2) is 28.5 Å². The Morgan fingerprint density at radius 1 is 1.24 bits per heavy atom. The van der Waals surface area contributed by atoms with Crippen LogP contribution in [0.2, 0.25) is 0 Å². The first-order valence-corrected chi connectivity index (χ1v) is 6.00. The highest BCUT2D eigenvalue weighted by Gasteiger charge is 2.27. The number of anilines is 1. The van der Waals surface area contributed by atoms with Crippen LogP contribution in [-0.2, 0) is 4.74 Å². The minimum Gasteiger partial charge on any atom is -0.461 e. The van der Waals surface area contributed by atoms with Crippen molar-refractivity contribution < 1.29 is 22.7 Å². The number of alkyl halides is 3. The molecule has 0 atom stereocenters. The van der Waals surface area contributed by atoms with E-state index in [1.54, 1.807) is 24.3 Å². The van der Waals surface area contributed by atoms with E-state index in [1.807, 2.05) is 0 Å². The van der Waals surface area contributed by atoms with Gasteiger partial charge >= 0.3 is 12.1 Å². The van der Waals surface area contributed by atoms with Crippen LogP contribution in [0.15, 0.2) is 36.5 Å². The molecule has 0 aliphatic carbocycles. The zero-order chi connectivity index (χ0) is 15.5. The number of carbonyl (C=O) groups is 1. The van der Waals surface area contributed by atoms with Crippen LogP contribution >= 0.6 is 0 Å². The molecule has 8 heteroatoms. The van der Waals surface area contributed by atoms with Crippen LogP contribution in [0.3, 0.4) is 0 Å². The van der Waals surface area contributed by atoms with Crippen molar-refractivity contribution in [2.24, 2.45) is 0 Å². The van der Waals surface area contributed by atoms with Gasteiger partial charge < -0.3 is 10.5 Å². The summed E-state index contributed by atoms with van der Waals surface area (Å²) in [7, 11) is 0. The molecule has 0 saturated carbocycles. The third-order valence-electron chi connectivity index (χ3n) is 2.57.